The molecule has 0 radical (unpaired) electrons. The minimum absolute atomic E-state index is 0.0139. The molecule has 4 aliphatic carbocycles. The number of nitrogens with zero attached hydrogens (tertiary/aromatic N) is 7. The molecule has 3 aromatic rings. The van der Waals surface area contributed by atoms with Gasteiger partial charge in [-0.2, -0.15) is 0 Å². The van der Waals surface area contributed by atoms with E-state index in [2.05, 4.69) is 29.1 Å². The number of anilines is 2. The van der Waals surface area contributed by atoms with Crippen molar-refractivity contribution in [2.45, 2.75) is 123 Å². The van der Waals surface area contributed by atoms with Gasteiger partial charge in [-0.1, -0.05) is 13.8 Å². The molecule has 4 heterocycles. The van der Waals surface area contributed by atoms with Crippen LogP contribution in [-0.4, -0.2) is 72.6 Å². The molecule has 1 aliphatic heterocycles. The molecule has 11 heteroatoms. The van der Waals surface area contributed by atoms with Crippen LogP contribution in [0.2, 0.25) is 0 Å². The molecule has 51 heavy (non-hydrogen) atoms. The molecule has 274 valence electrons. The van der Waals surface area contributed by atoms with Gasteiger partial charge >= 0.3 is 0 Å². The Morgan fingerprint density at radius 2 is 1.80 bits per heavy atom. The summed E-state index contributed by atoms with van der Waals surface area (Å²) in [4.78, 5) is 32.7. The first-order valence-electron chi connectivity index (χ1n) is 19.8. The zero-order chi connectivity index (χ0) is 35.3. The third-order valence-corrected chi connectivity index (χ3v) is 14.1. The van der Waals surface area contributed by atoms with Crippen LogP contribution in [0.5, 0.6) is 0 Å². The Labute approximate surface area is 302 Å². The van der Waals surface area contributed by atoms with E-state index >= 15 is 0 Å². The van der Waals surface area contributed by atoms with E-state index in [0.717, 1.165) is 85.9 Å². The fraction of sp³-hybridized carbons (Fsp3) is 0.700. The lowest BCUT2D eigenvalue weighted by Gasteiger charge is -2.60. The van der Waals surface area contributed by atoms with Gasteiger partial charge in [0.2, 0.25) is 5.91 Å². The number of likely N-dealkylation sites (N-methyl/N-ethyl adjacent to an activating group) is 1. The van der Waals surface area contributed by atoms with Crippen LogP contribution in [-0.2, 0) is 16.1 Å². The highest BCUT2D eigenvalue weighted by atomic mass is 16.5. The average Bonchev–Trinajstić information content (AvgIpc) is 3.74. The second kappa shape index (κ2) is 13.8. The number of carbonyl (C=O) groups is 1. The number of hydrogen-bond donors (Lipinski definition) is 2. The van der Waals surface area contributed by atoms with Crippen molar-refractivity contribution in [3.63, 3.8) is 0 Å². The van der Waals surface area contributed by atoms with Crippen molar-refractivity contribution >= 4 is 17.5 Å². The van der Waals surface area contributed by atoms with E-state index in [9.17, 15) is 9.90 Å². The summed E-state index contributed by atoms with van der Waals surface area (Å²) < 4.78 is 8.63. The molecule has 3 aromatic heterocycles. The van der Waals surface area contributed by atoms with Gasteiger partial charge in [-0.25, -0.2) is 19.9 Å². The molecule has 8 atom stereocenters. The number of ether oxygens (including phenoxy) is 1. The second-order valence-electron chi connectivity index (χ2n) is 16.7. The standard InChI is InChI=1S/C40H56N8O3/c1-5-48-35(50)23-42-37-38(48)45-33(22-41-37)28-11-13-32(44-25(28)2)36-43-24-47(46-36)19-7-6-8-20-51-34-14-12-30-29-10-9-26-21-27(49)15-17-39(26,3)31(29)16-18-40(30,34)4/h11,13,22,24,26-27,29-31,34,49H,5-10,12,14-21,23H2,1-4H3,(H,41,42)/t26-,27?,29-,30-,31-,34-,39-,40-/m0/s1. The normalized spacial score (nSPS) is 32.9. The summed E-state index contributed by atoms with van der Waals surface area (Å²) in [5.74, 6) is 4.98. The Balaban J connectivity index is 0.808. The first-order valence-corrected chi connectivity index (χ1v) is 19.8. The summed E-state index contributed by atoms with van der Waals surface area (Å²) >= 11 is 0. The Kier molecular flexibility index (Phi) is 9.40. The number of aliphatic hydroxyl groups excluding tert-OH is 1. The molecule has 4 fully saturated rings. The molecule has 4 saturated carbocycles. The number of rotatable bonds is 10. The fourth-order valence-electron chi connectivity index (χ4n) is 11.2. The van der Waals surface area contributed by atoms with Gasteiger partial charge in [-0.3, -0.25) is 14.4 Å². The topological polar surface area (TPSA) is 131 Å². The average molecular weight is 697 g/mol. The van der Waals surface area contributed by atoms with Crippen LogP contribution < -0.4 is 10.2 Å². The molecule has 5 aliphatic rings. The number of nitrogens with one attached hydrogen (secondary N) is 1. The molecule has 11 nitrogen and oxygen atoms in total. The maximum atomic E-state index is 12.4. The van der Waals surface area contributed by atoms with Gasteiger partial charge in [0.1, 0.15) is 12.0 Å². The number of fused-ring (bicyclic) bond motifs is 6. The summed E-state index contributed by atoms with van der Waals surface area (Å²) in [6.07, 6.45) is 18.2. The van der Waals surface area contributed by atoms with Gasteiger partial charge in [0.25, 0.3) is 0 Å². The van der Waals surface area contributed by atoms with Crippen molar-refractivity contribution in [2.75, 3.05) is 29.9 Å². The molecular formula is C40H56N8O3. The molecule has 8 rings (SSSR count). The molecular weight excluding hydrogens is 640 g/mol. The van der Waals surface area contributed by atoms with Crippen LogP contribution in [0.4, 0.5) is 11.6 Å². The van der Waals surface area contributed by atoms with Gasteiger partial charge in [0, 0.05) is 31.0 Å². The van der Waals surface area contributed by atoms with Gasteiger partial charge < -0.3 is 15.2 Å². The van der Waals surface area contributed by atoms with Crippen LogP contribution in [0.15, 0.2) is 24.7 Å². The van der Waals surface area contributed by atoms with Gasteiger partial charge in [-0.05, 0) is 138 Å². The molecule has 0 saturated heterocycles. The van der Waals surface area contributed by atoms with E-state index in [0.29, 0.717) is 46.6 Å². The Morgan fingerprint density at radius 3 is 2.65 bits per heavy atom. The maximum absolute atomic E-state index is 12.4. The predicted molar refractivity (Wildman–Crippen MR) is 197 cm³/mol. The van der Waals surface area contributed by atoms with Crippen LogP contribution in [0, 0.1) is 41.4 Å². The van der Waals surface area contributed by atoms with Gasteiger partial charge in [0.15, 0.2) is 17.5 Å². The fourth-order valence-corrected chi connectivity index (χ4v) is 11.2. The first kappa shape index (κ1) is 34.6. The number of unbranched alkanes of at least 4 members (excludes halogenated alkanes) is 2. The quantitative estimate of drug-likeness (QED) is 0.219. The number of amides is 1. The number of carbonyl (C=O) groups excluding carboxylic acids is 1. The Hall–Kier alpha value is -3.44. The predicted octanol–water partition coefficient (Wildman–Crippen LogP) is 6.84. The number of aromatic nitrogens is 6. The summed E-state index contributed by atoms with van der Waals surface area (Å²) in [6, 6.07) is 3.91. The van der Waals surface area contributed by atoms with Crippen LogP contribution in [0.3, 0.4) is 0 Å². The van der Waals surface area contributed by atoms with E-state index < -0.39 is 0 Å². The summed E-state index contributed by atoms with van der Waals surface area (Å²) in [5, 5.41) is 18.2. The number of aryl methyl sites for hydroxylation is 2. The first-order chi connectivity index (χ1) is 24.7. The second-order valence-corrected chi connectivity index (χ2v) is 16.7. The third kappa shape index (κ3) is 6.26. The van der Waals surface area contributed by atoms with E-state index in [1.807, 2.05) is 30.7 Å². The van der Waals surface area contributed by atoms with Crippen molar-refractivity contribution in [3.8, 4) is 22.8 Å². The van der Waals surface area contributed by atoms with Crippen LogP contribution in [0.25, 0.3) is 22.8 Å². The third-order valence-electron chi connectivity index (χ3n) is 14.1. The summed E-state index contributed by atoms with van der Waals surface area (Å²) in [5.41, 5.74) is 3.82. The van der Waals surface area contributed by atoms with Crippen molar-refractivity contribution < 1.29 is 14.6 Å². The highest BCUT2D eigenvalue weighted by molar-refractivity contribution is 6.00. The minimum Gasteiger partial charge on any atom is -0.393 e. The van der Waals surface area contributed by atoms with Crippen molar-refractivity contribution in [1.82, 2.24) is 29.7 Å². The molecule has 0 bridgehead atoms. The van der Waals surface area contributed by atoms with Crippen molar-refractivity contribution in [1.29, 1.82) is 0 Å². The number of hydrogen-bond acceptors (Lipinski definition) is 9. The lowest BCUT2D eigenvalue weighted by molar-refractivity contribution is -0.141. The van der Waals surface area contributed by atoms with Crippen LogP contribution >= 0.6 is 0 Å². The Bertz CT molecular complexity index is 1750. The van der Waals surface area contributed by atoms with Crippen molar-refractivity contribution in [3.05, 3.63) is 30.4 Å². The molecule has 1 amide bonds. The Morgan fingerprint density at radius 1 is 0.961 bits per heavy atom. The smallest absolute Gasteiger partial charge is 0.247 e. The molecule has 2 N–H and O–H groups in total. The lowest BCUT2D eigenvalue weighted by atomic mass is 9.45. The summed E-state index contributed by atoms with van der Waals surface area (Å²) in [7, 11) is 0. The van der Waals surface area contributed by atoms with Gasteiger partial charge in [-0.15, -0.1) is 5.10 Å². The largest absolute Gasteiger partial charge is 0.393 e. The highest BCUT2D eigenvalue weighted by Crippen LogP contribution is 2.66. The van der Waals surface area contributed by atoms with E-state index in [-0.39, 0.29) is 18.6 Å². The molecule has 1 unspecified atom stereocenters. The SMILES string of the molecule is CCN1C(=O)CNc2ncc(-c3ccc(-c4ncn(CCCCCO[C@H]5CC[C@H]6[C@@H]7CC[C@H]8CC(O)CC[C@]8(C)[C@H]7CC[C@]56C)n4)nc3C)nc21. The number of pyridine rings is 1. The van der Waals surface area contributed by atoms with E-state index in [1.165, 1.54) is 44.9 Å². The molecule has 0 aromatic carbocycles. The van der Waals surface area contributed by atoms with Gasteiger partial charge in [0.05, 0.1) is 30.6 Å². The highest BCUT2D eigenvalue weighted by Gasteiger charge is 2.60. The zero-order valence-corrected chi connectivity index (χ0v) is 31.0. The van der Waals surface area contributed by atoms with Crippen molar-refractivity contribution in [2.24, 2.45) is 34.5 Å². The zero-order valence-electron chi connectivity index (χ0n) is 31.0. The lowest BCUT2D eigenvalue weighted by Crippen LogP contribution is -2.54. The number of aliphatic hydroxyl groups is 1. The maximum Gasteiger partial charge on any atom is 0.247 e. The monoisotopic (exact) mass is 696 g/mol. The minimum atomic E-state index is -0.0680. The van der Waals surface area contributed by atoms with E-state index in [4.69, 9.17) is 19.8 Å². The summed E-state index contributed by atoms with van der Waals surface area (Å²) in [6.45, 7) is 11.5. The van der Waals surface area contributed by atoms with E-state index in [1.54, 1.807) is 17.4 Å². The van der Waals surface area contributed by atoms with Crippen LogP contribution in [0.1, 0.15) is 104 Å². The molecule has 0 spiro atoms.